The van der Waals surface area contributed by atoms with Gasteiger partial charge in [0.2, 0.25) is 11.8 Å². The Morgan fingerprint density at radius 2 is 1.79 bits per heavy atom. The first-order valence-electron chi connectivity index (χ1n) is 9.63. The van der Waals surface area contributed by atoms with Gasteiger partial charge in [-0.15, -0.1) is 11.3 Å². The standard InChI is InChI=1S/C23H23N3O2S/c1-16(27)24-18-8-5-9-19(14-18)25-22(28)15-26-12-10-21-20(11-13-29-21)23(26)17-6-3-2-4-7-17/h2-9,11,13-14,23H,10,12,15H2,1H3,(H,24,27)(H,25,28). The quantitative estimate of drug-likeness (QED) is 0.666. The lowest BCUT2D eigenvalue weighted by molar-refractivity contribution is -0.118. The van der Waals surface area contributed by atoms with E-state index in [2.05, 4.69) is 39.1 Å². The van der Waals surface area contributed by atoms with Crippen molar-refractivity contribution in [1.82, 2.24) is 4.90 Å². The highest BCUT2D eigenvalue weighted by molar-refractivity contribution is 7.10. The fraction of sp³-hybridized carbons (Fsp3) is 0.217. The summed E-state index contributed by atoms with van der Waals surface area (Å²) in [5.41, 5.74) is 3.84. The van der Waals surface area contributed by atoms with Crippen LogP contribution in [0.15, 0.2) is 66.0 Å². The summed E-state index contributed by atoms with van der Waals surface area (Å²) in [6.07, 6.45) is 0.960. The molecule has 148 valence electrons. The number of benzene rings is 2. The van der Waals surface area contributed by atoms with Gasteiger partial charge in [-0.3, -0.25) is 14.5 Å². The van der Waals surface area contributed by atoms with Crippen LogP contribution < -0.4 is 10.6 Å². The zero-order valence-electron chi connectivity index (χ0n) is 16.2. The van der Waals surface area contributed by atoms with Crippen molar-refractivity contribution in [1.29, 1.82) is 0 Å². The van der Waals surface area contributed by atoms with Crippen LogP contribution in [0.2, 0.25) is 0 Å². The van der Waals surface area contributed by atoms with Crippen molar-refractivity contribution in [3.05, 3.63) is 82.0 Å². The van der Waals surface area contributed by atoms with Gasteiger partial charge >= 0.3 is 0 Å². The number of hydrogen-bond donors (Lipinski definition) is 2. The molecule has 2 aromatic carbocycles. The molecule has 1 aliphatic heterocycles. The van der Waals surface area contributed by atoms with Gasteiger partial charge in [-0.2, -0.15) is 0 Å². The third kappa shape index (κ3) is 4.55. The third-order valence-corrected chi connectivity index (χ3v) is 5.99. The average molecular weight is 406 g/mol. The van der Waals surface area contributed by atoms with Gasteiger partial charge in [0, 0.05) is 29.7 Å². The maximum Gasteiger partial charge on any atom is 0.238 e. The second-order valence-corrected chi connectivity index (χ2v) is 8.14. The highest BCUT2D eigenvalue weighted by Crippen LogP contribution is 2.37. The van der Waals surface area contributed by atoms with E-state index < -0.39 is 0 Å². The van der Waals surface area contributed by atoms with Crippen molar-refractivity contribution in [2.75, 3.05) is 23.7 Å². The lowest BCUT2D eigenvalue weighted by atomic mass is 9.93. The molecule has 6 heteroatoms. The number of anilines is 2. The maximum atomic E-state index is 12.8. The summed E-state index contributed by atoms with van der Waals surface area (Å²) in [6.45, 7) is 2.61. The Morgan fingerprint density at radius 3 is 2.55 bits per heavy atom. The molecule has 2 heterocycles. The van der Waals surface area contributed by atoms with Gasteiger partial charge in [0.1, 0.15) is 0 Å². The molecule has 2 amide bonds. The predicted molar refractivity (Wildman–Crippen MR) is 117 cm³/mol. The van der Waals surface area contributed by atoms with Gasteiger partial charge in [-0.1, -0.05) is 36.4 Å². The van der Waals surface area contributed by atoms with Crippen LogP contribution >= 0.6 is 11.3 Å². The fourth-order valence-corrected chi connectivity index (χ4v) is 4.73. The van der Waals surface area contributed by atoms with Gasteiger partial charge in [-0.05, 0) is 47.2 Å². The maximum absolute atomic E-state index is 12.8. The Hall–Kier alpha value is -2.96. The van der Waals surface area contributed by atoms with Crippen molar-refractivity contribution in [2.45, 2.75) is 19.4 Å². The van der Waals surface area contributed by atoms with E-state index in [-0.39, 0.29) is 17.9 Å². The molecule has 0 aliphatic carbocycles. The minimum atomic E-state index is -0.140. The normalized spacial score (nSPS) is 16.1. The predicted octanol–water partition coefficient (Wildman–Crippen LogP) is 4.29. The van der Waals surface area contributed by atoms with E-state index in [0.717, 1.165) is 13.0 Å². The topological polar surface area (TPSA) is 61.4 Å². The molecule has 0 spiro atoms. The summed E-state index contributed by atoms with van der Waals surface area (Å²) in [7, 11) is 0. The largest absolute Gasteiger partial charge is 0.326 e. The molecule has 0 bridgehead atoms. The second kappa shape index (κ2) is 8.59. The van der Waals surface area contributed by atoms with E-state index in [4.69, 9.17) is 0 Å². The van der Waals surface area contributed by atoms with E-state index in [1.165, 1.54) is 22.9 Å². The minimum absolute atomic E-state index is 0.0652. The molecule has 3 aromatic rings. The zero-order valence-corrected chi connectivity index (χ0v) is 17.0. The van der Waals surface area contributed by atoms with Crippen LogP contribution in [0.5, 0.6) is 0 Å². The molecule has 0 saturated carbocycles. The Balaban J connectivity index is 1.51. The minimum Gasteiger partial charge on any atom is -0.326 e. The Bertz CT molecular complexity index is 1020. The average Bonchev–Trinajstić information content (AvgIpc) is 3.17. The summed E-state index contributed by atoms with van der Waals surface area (Å²) in [5.74, 6) is -0.205. The van der Waals surface area contributed by atoms with Crippen molar-refractivity contribution in [3.63, 3.8) is 0 Å². The number of hydrogen-bond acceptors (Lipinski definition) is 4. The summed E-state index contributed by atoms with van der Waals surface area (Å²) >= 11 is 1.79. The van der Waals surface area contributed by atoms with Gasteiger partial charge in [-0.25, -0.2) is 0 Å². The first-order valence-corrected chi connectivity index (χ1v) is 10.5. The molecule has 1 aromatic heterocycles. The zero-order chi connectivity index (χ0) is 20.2. The highest BCUT2D eigenvalue weighted by atomic mass is 32.1. The number of fused-ring (bicyclic) bond motifs is 1. The summed E-state index contributed by atoms with van der Waals surface area (Å²) in [6, 6.07) is 19.8. The van der Waals surface area contributed by atoms with Crippen molar-refractivity contribution in [3.8, 4) is 0 Å². The summed E-state index contributed by atoms with van der Waals surface area (Å²) in [5, 5.41) is 7.84. The number of nitrogens with one attached hydrogen (secondary N) is 2. The Kier molecular flexibility index (Phi) is 5.74. The van der Waals surface area contributed by atoms with E-state index in [1.807, 2.05) is 30.3 Å². The van der Waals surface area contributed by atoms with Crippen LogP contribution in [-0.4, -0.2) is 29.8 Å². The molecule has 2 N–H and O–H groups in total. The number of rotatable bonds is 5. The van der Waals surface area contributed by atoms with Crippen LogP contribution in [0, 0.1) is 0 Å². The van der Waals surface area contributed by atoms with Crippen LogP contribution in [0.4, 0.5) is 11.4 Å². The SMILES string of the molecule is CC(=O)Nc1cccc(NC(=O)CN2CCc3sccc3C2c2ccccc2)c1. The van der Waals surface area contributed by atoms with E-state index in [0.29, 0.717) is 17.9 Å². The van der Waals surface area contributed by atoms with Crippen LogP contribution in [0.25, 0.3) is 0 Å². The lowest BCUT2D eigenvalue weighted by Gasteiger charge is -2.35. The second-order valence-electron chi connectivity index (χ2n) is 7.14. The van der Waals surface area contributed by atoms with E-state index in [1.54, 1.807) is 23.5 Å². The summed E-state index contributed by atoms with van der Waals surface area (Å²) in [4.78, 5) is 27.7. The molecule has 5 nitrogen and oxygen atoms in total. The third-order valence-electron chi connectivity index (χ3n) is 4.99. The molecule has 4 rings (SSSR count). The lowest BCUT2D eigenvalue weighted by Crippen LogP contribution is -2.40. The van der Waals surface area contributed by atoms with Gasteiger partial charge < -0.3 is 10.6 Å². The number of carbonyl (C=O) groups excluding carboxylic acids is 2. The molecule has 1 unspecified atom stereocenters. The number of nitrogens with zero attached hydrogens (tertiary/aromatic N) is 1. The molecule has 1 atom stereocenters. The van der Waals surface area contributed by atoms with Gasteiger partial charge in [0.25, 0.3) is 0 Å². The fourth-order valence-electron chi connectivity index (χ4n) is 3.83. The van der Waals surface area contributed by atoms with Crippen molar-refractivity contribution < 1.29 is 9.59 Å². The first kappa shape index (κ1) is 19.4. The van der Waals surface area contributed by atoms with Crippen LogP contribution in [0.1, 0.15) is 29.0 Å². The molecule has 1 aliphatic rings. The highest BCUT2D eigenvalue weighted by Gasteiger charge is 2.30. The number of amides is 2. The first-order chi connectivity index (χ1) is 14.1. The Labute approximate surface area is 174 Å². The van der Waals surface area contributed by atoms with E-state index in [9.17, 15) is 9.59 Å². The van der Waals surface area contributed by atoms with E-state index >= 15 is 0 Å². The molecular weight excluding hydrogens is 382 g/mol. The van der Waals surface area contributed by atoms with Crippen molar-refractivity contribution in [2.24, 2.45) is 0 Å². The smallest absolute Gasteiger partial charge is 0.238 e. The molecule has 29 heavy (non-hydrogen) atoms. The van der Waals surface area contributed by atoms with Gasteiger partial charge in [0.05, 0.1) is 12.6 Å². The molecule has 0 fully saturated rings. The van der Waals surface area contributed by atoms with Crippen molar-refractivity contribution >= 4 is 34.5 Å². The summed E-state index contributed by atoms with van der Waals surface area (Å²) < 4.78 is 0. The Morgan fingerprint density at radius 1 is 1.03 bits per heavy atom. The monoisotopic (exact) mass is 405 g/mol. The van der Waals surface area contributed by atoms with Crippen LogP contribution in [0.3, 0.4) is 0 Å². The van der Waals surface area contributed by atoms with Crippen LogP contribution in [-0.2, 0) is 16.0 Å². The molecule has 0 radical (unpaired) electrons. The molecule has 0 saturated heterocycles. The van der Waals surface area contributed by atoms with Gasteiger partial charge in [0.15, 0.2) is 0 Å². The number of carbonyl (C=O) groups is 2. The number of thiophene rings is 1. The molecular formula is C23H23N3O2S.